The quantitative estimate of drug-likeness (QED) is 0.513. The van der Waals surface area contributed by atoms with Crippen molar-refractivity contribution in [3.05, 3.63) is 23.8 Å². The van der Waals surface area contributed by atoms with Crippen LogP contribution in [0.3, 0.4) is 0 Å². The van der Waals surface area contributed by atoms with E-state index in [-0.39, 0.29) is 4.90 Å². The summed E-state index contributed by atoms with van der Waals surface area (Å²) < 4.78 is 31.5. The minimum absolute atomic E-state index is 0.273. The monoisotopic (exact) mass is 175 g/mol. The summed E-state index contributed by atoms with van der Waals surface area (Å²) in [6, 6.07) is 1.29. The van der Waals surface area contributed by atoms with Crippen LogP contribution in [-0.4, -0.2) is 13.7 Å². The van der Waals surface area contributed by atoms with Crippen LogP contribution >= 0.6 is 0 Å². The number of nitrogens with zero attached hydrogens (tertiary/aromatic N) is 1. The standard InChI is InChI=1S/C6H6FNO2S/c1-4-2-5(11(9)10)6(7)8-3-4/h2-3H,1H3,(H,9,10). The minimum Gasteiger partial charge on any atom is -0.302 e. The van der Waals surface area contributed by atoms with Crippen molar-refractivity contribution in [1.82, 2.24) is 4.98 Å². The van der Waals surface area contributed by atoms with E-state index in [2.05, 4.69) is 4.98 Å². The Hall–Kier alpha value is -0.810. The summed E-state index contributed by atoms with van der Waals surface area (Å²) in [5, 5.41) is 0. The predicted octanol–water partition coefficient (Wildman–Crippen LogP) is 1.11. The SMILES string of the molecule is Cc1cnc(F)c(S(=O)O)c1. The molecule has 0 amide bonds. The molecular formula is C6H6FNO2S. The molecule has 0 saturated carbocycles. The Bertz CT molecular complexity index is 303. The Morgan fingerprint density at radius 3 is 2.82 bits per heavy atom. The van der Waals surface area contributed by atoms with Gasteiger partial charge in [0.1, 0.15) is 4.90 Å². The molecule has 0 bridgehead atoms. The maximum Gasteiger partial charge on any atom is 0.231 e. The van der Waals surface area contributed by atoms with Gasteiger partial charge < -0.3 is 4.55 Å². The van der Waals surface area contributed by atoms with Gasteiger partial charge in [-0.15, -0.1) is 0 Å². The third-order valence-corrected chi connectivity index (χ3v) is 1.79. The predicted molar refractivity (Wildman–Crippen MR) is 38.0 cm³/mol. The maximum absolute atomic E-state index is 12.6. The van der Waals surface area contributed by atoms with E-state index in [0.29, 0.717) is 5.56 Å². The highest BCUT2D eigenvalue weighted by Crippen LogP contribution is 2.09. The van der Waals surface area contributed by atoms with Gasteiger partial charge in [-0.3, -0.25) is 0 Å². The average Bonchev–Trinajstić information content (AvgIpc) is 1.94. The Labute approximate surface area is 65.6 Å². The van der Waals surface area contributed by atoms with E-state index in [1.165, 1.54) is 12.3 Å². The Kier molecular flexibility index (Phi) is 2.31. The molecule has 0 spiro atoms. The molecule has 1 atom stereocenters. The number of hydrogen-bond acceptors (Lipinski definition) is 2. The summed E-state index contributed by atoms with van der Waals surface area (Å²) in [6.45, 7) is 1.67. The van der Waals surface area contributed by atoms with E-state index in [4.69, 9.17) is 4.55 Å². The van der Waals surface area contributed by atoms with Gasteiger partial charge in [0.05, 0.1) is 0 Å². The molecule has 60 valence electrons. The van der Waals surface area contributed by atoms with Gasteiger partial charge >= 0.3 is 0 Å². The zero-order valence-electron chi connectivity index (χ0n) is 5.74. The largest absolute Gasteiger partial charge is 0.302 e. The van der Waals surface area contributed by atoms with E-state index in [1.54, 1.807) is 6.92 Å². The van der Waals surface area contributed by atoms with Crippen LogP contribution in [0, 0.1) is 12.9 Å². The first kappa shape index (κ1) is 8.29. The Morgan fingerprint density at radius 2 is 2.36 bits per heavy atom. The van der Waals surface area contributed by atoms with Crippen molar-refractivity contribution in [3.63, 3.8) is 0 Å². The fraction of sp³-hybridized carbons (Fsp3) is 0.167. The summed E-state index contributed by atoms with van der Waals surface area (Å²) in [5.74, 6) is -0.892. The fourth-order valence-electron chi connectivity index (χ4n) is 0.648. The molecule has 0 aromatic carbocycles. The van der Waals surface area contributed by atoms with Gasteiger partial charge in [-0.2, -0.15) is 4.39 Å². The molecule has 1 rings (SSSR count). The van der Waals surface area contributed by atoms with E-state index in [9.17, 15) is 8.60 Å². The second-order valence-electron chi connectivity index (χ2n) is 2.05. The molecule has 0 radical (unpaired) electrons. The maximum atomic E-state index is 12.6. The highest BCUT2D eigenvalue weighted by atomic mass is 32.2. The van der Waals surface area contributed by atoms with Gasteiger partial charge in [0.15, 0.2) is 11.1 Å². The van der Waals surface area contributed by atoms with Crippen LogP contribution in [0.15, 0.2) is 17.2 Å². The van der Waals surface area contributed by atoms with Gasteiger partial charge in [0.25, 0.3) is 0 Å². The van der Waals surface area contributed by atoms with Gasteiger partial charge in [-0.05, 0) is 18.6 Å². The third-order valence-electron chi connectivity index (χ3n) is 1.13. The first-order chi connectivity index (χ1) is 5.11. The average molecular weight is 175 g/mol. The highest BCUT2D eigenvalue weighted by Gasteiger charge is 2.08. The van der Waals surface area contributed by atoms with Gasteiger partial charge in [-0.1, -0.05) is 0 Å². The van der Waals surface area contributed by atoms with E-state index < -0.39 is 17.0 Å². The fourth-order valence-corrected chi connectivity index (χ4v) is 1.13. The lowest BCUT2D eigenvalue weighted by Crippen LogP contribution is -1.96. The second kappa shape index (κ2) is 3.06. The van der Waals surface area contributed by atoms with Gasteiger partial charge in [0.2, 0.25) is 5.95 Å². The lowest BCUT2D eigenvalue weighted by molar-refractivity contribution is 0.524. The molecule has 0 saturated heterocycles. The lowest BCUT2D eigenvalue weighted by Gasteiger charge is -1.96. The number of hydrogen-bond donors (Lipinski definition) is 1. The van der Waals surface area contributed by atoms with E-state index >= 15 is 0 Å². The van der Waals surface area contributed by atoms with Crippen molar-refractivity contribution in [2.75, 3.05) is 0 Å². The third kappa shape index (κ3) is 1.81. The minimum atomic E-state index is -2.29. The molecule has 0 aliphatic heterocycles. The van der Waals surface area contributed by atoms with Crippen molar-refractivity contribution >= 4 is 11.1 Å². The lowest BCUT2D eigenvalue weighted by atomic mass is 10.3. The van der Waals surface area contributed by atoms with Crippen molar-refractivity contribution in [2.45, 2.75) is 11.8 Å². The van der Waals surface area contributed by atoms with Crippen molar-refractivity contribution in [1.29, 1.82) is 0 Å². The van der Waals surface area contributed by atoms with Crippen molar-refractivity contribution < 1.29 is 13.2 Å². The molecule has 1 heterocycles. The van der Waals surface area contributed by atoms with Crippen LogP contribution < -0.4 is 0 Å². The second-order valence-corrected chi connectivity index (χ2v) is 2.99. The molecule has 0 fully saturated rings. The van der Waals surface area contributed by atoms with Gasteiger partial charge in [0, 0.05) is 6.20 Å². The van der Waals surface area contributed by atoms with Crippen molar-refractivity contribution in [2.24, 2.45) is 0 Å². The highest BCUT2D eigenvalue weighted by molar-refractivity contribution is 7.79. The summed E-state index contributed by atoms with van der Waals surface area (Å²) >= 11 is -2.29. The number of aromatic nitrogens is 1. The van der Waals surface area contributed by atoms with E-state index in [1.807, 2.05) is 0 Å². The van der Waals surface area contributed by atoms with Crippen LogP contribution in [0.1, 0.15) is 5.56 Å². The summed E-state index contributed by atoms with van der Waals surface area (Å²) in [4.78, 5) is 3.01. The van der Waals surface area contributed by atoms with Crippen LogP contribution in [0.5, 0.6) is 0 Å². The molecule has 0 aliphatic carbocycles. The molecule has 11 heavy (non-hydrogen) atoms. The molecule has 1 N–H and O–H groups in total. The van der Waals surface area contributed by atoms with Crippen LogP contribution in [-0.2, 0) is 11.1 Å². The molecule has 1 aromatic rings. The first-order valence-corrected chi connectivity index (χ1v) is 3.95. The van der Waals surface area contributed by atoms with Crippen LogP contribution in [0.2, 0.25) is 0 Å². The zero-order valence-corrected chi connectivity index (χ0v) is 6.56. The van der Waals surface area contributed by atoms with Gasteiger partial charge in [-0.25, -0.2) is 9.19 Å². The van der Waals surface area contributed by atoms with Crippen LogP contribution in [0.25, 0.3) is 0 Å². The molecular weight excluding hydrogens is 169 g/mol. The summed E-state index contributed by atoms with van der Waals surface area (Å²) in [6.07, 6.45) is 1.30. The number of pyridine rings is 1. The summed E-state index contributed by atoms with van der Waals surface area (Å²) in [7, 11) is 0. The number of halogens is 1. The van der Waals surface area contributed by atoms with Crippen LogP contribution in [0.4, 0.5) is 4.39 Å². The first-order valence-electron chi connectivity index (χ1n) is 2.84. The number of rotatable bonds is 1. The Balaban J connectivity index is 3.23. The topological polar surface area (TPSA) is 50.2 Å². The number of aryl methyl sites for hydroxylation is 1. The molecule has 3 nitrogen and oxygen atoms in total. The smallest absolute Gasteiger partial charge is 0.231 e. The normalized spacial score (nSPS) is 13.0. The van der Waals surface area contributed by atoms with E-state index in [0.717, 1.165) is 0 Å². The molecule has 1 aromatic heterocycles. The molecule has 5 heteroatoms. The Morgan fingerprint density at radius 1 is 1.73 bits per heavy atom. The van der Waals surface area contributed by atoms with Crippen molar-refractivity contribution in [3.8, 4) is 0 Å². The summed E-state index contributed by atoms with van der Waals surface area (Å²) in [5.41, 5.74) is 0.656. The molecule has 0 aliphatic rings. The zero-order chi connectivity index (χ0) is 8.43. The molecule has 1 unspecified atom stereocenters.